The largest absolute Gasteiger partial charge is 0.361 e. The van der Waals surface area contributed by atoms with Crippen molar-refractivity contribution in [1.82, 2.24) is 20.0 Å². The molecule has 1 aliphatic heterocycles. The number of likely N-dealkylation sites (N-methyl/N-ethyl adjacent to an activating group) is 2. The monoisotopic (exact) mass is 376 g/mol. The standard InChI is InChI=1S/C21H36N4S/c1-4-24-14-9-13-20(24)18-22-21(26)25(17-16-23(2)3)15-8-12-19-10-6-5-7-11-19/h5-7,10-11,20H,4,8-9,12-18H2,1-3H3,(H,22,26). The lowest BCUT2D eigenvalue weighted by Gasteiger charge is -2.29. The van der Waals surface area contributed by atoms with Crippen molar-refractivity contribution in [2.45, 2.75) is 38.6 Å². The molecule has 4 nitrogen and oxygen atoms in total. The molecule has 1 fully saturated rings. The lowest BCUT2D eigenvalue weighted by molar-refractivity contribution is 0.263. The van der Waals surface area contributed by atoms with Crippen LogP contribution >= 0.6 is 12.2 Å². The molecule has 1 aliphatic rings. The summed E-state index contributed by atoms with van der Waals surface area (Å²) >= 11 is 5.74. The van der Waals surface area contributed by atoms with Gasteiger partial charge in [-0.2, -0.15) is 0 Å². The van der Waals surface area contributed by atoms with Gasteiger partial charge in [-0.3, -0.25) is 4.90 Å². The molecule has 1 unspecified atom stereocenters. The van der Waals surface area contributed by atoms with Gasteiger partial charge in [-0.1, -0.05) is 37.3 Å². The number of aryl methyl sites for hydroxylation is 1. The zero-order valence-electron chi connectivity index (χ0n) is 16.8. The van der Waals surface area contributed by atoms with Crippen LogP contribution in [-0.4, -0.2) is 79.2 Å². The summed E-state index contributed by atoms with van der Waals surface area (Å²) in [6.07, 6.45) is 4.83. The molecule has 146 valence electrons. The first-order valence-corrected chi connectivity index (χ1v) is 10.5. The average Bonchev–Trinajstić information content (AvgIpc) is 3.10. The molecule has 1 saturated heterocycles. The number of benzene rings is 1. The van der Waals surface area contributed by atoms with E-state index in [-0.39, 0.29) is 0 Å². The first-order chi connectivity index (χ1) is 12.6. The highest BCUT2D eigenvalue weighted by molar-refractivity contribution is 7.80. The fourth-order valence-corrected chi connectivity index (χ4v) is 3.88. The van der Waals surface area contributed by atoms with Gasteiger partial charge < -0.3 is 15.1 Å². The molecular formula is C21H36N4S. The Kier molecular flexibility index (Phi) is 9.37. The third kappa shape index (κ3) is 7.22. The Labute approximate surface area is 165 Å². The van der Waals surface area contributed by atoms with E-state index >= 15 is 0 Å². The third-order valence-electron chi connectivity index (χ3n) is 5.23. The van der Waals surface area contributed by atoms with Gasteiger partial charge in [-0.15, -0.1) is 0 Å². The molecule has 1 aromatic rings. The number of likely N-dealkylation sites (tertiary alicyclic amines) is 1. The Balaban J connectivity index is 1.80. The lowest BCUT2D eigenvalue weighted by Crippen LogP contribution is -2.47. The van der Waals surface area contributed by atoms with Crippen LogP contribution in [0.25, 0.3) is 0 Å². The molecule has 0 aromatic heterocycles. The van der Waals surface area contributed by atoms with Crippen molar-refractivity contribution < 1.29 is 0 Å². The van der Waals surface area contributed by atoms with Crippen molar-refractivity contribution in [3.63, 3.8) is 0 Å². The molecule has 0 saturated carbocycles. The average molecular weight is 377 g/mol. The Morgan fingerprint density at radius 3 is 2.65 bits per heavy atom. The molecule has 5 heteroatoms. The first-order valence-electron chi connectivity index (χ1n) is 10.1. The van der Waals surface area contributed by atoms with E-state index in [1.807, 2.05) is 0 Å². The van der Waals surface area contributed by atoms with Crippen molar-refractivity contribution in [3.8, 4) is 0 Å². The van der Waals surface area contributed by atoms with E-state index in [1.54, 1.807) is 0 Å². The summed E-state index contributed by atoms with van der Waals surface area (Å²) in [6.45, 7) is 8.62. The summed E-state index contributed by atoms with van der Waals surface area (Å²) in [4.78, 5) is 7.14. The summed E-state index contributed by atoms with van der Waals surface area (Å²) in [6, 6.07) is 11.4. The Morgan fingerprint density at radius 1 is 1.19 bits per heavy atom. The van der Waals surface area contributed by atoms with Gasteiger partial charge in [0.25, 0.3) is 0 Å². The molecule has 0 amide bonds. The van der Waals surface area contributed by atoms with E-state index in [1.165, 1.54) is 24.9 Å². The Hall–Kier alpha value is -1.17. The highest BCUT2D eigenvalue weighted by atomic mass is 32.1. The molecule has 0 spiro atoms. The zero-order valence-corrected chi connectivity index (χ0v) is 17.6. The van der Waals surface area contributed by atoms with Crippen molar-refractivity contribution >= 4 is 17.3 Å². The molecule has 1 heterocycles. The minimum Gasteiger partial charge on any atom is -0.361 e. The quantitative estimate of drug-likeness (QED) is 0.632. The molecular weight excluding hydrogens is 340 g/mol. The zero-order chi connectivity index (χ0) is 18.8. The van der Waals surface area contributed by atoms with Crippen LogP contribution in [0.5, 0.6) is 0 Å². The topological polar surface area (TPSA) is 21.8 Å². The van der Waals surface area contributed by atoms with Crippen molar-refractivity contribution in [2.24, 2.45) is 0 Å². The van der Waals surface area contributed by atoms with Crippen molar-refractivity contribution in [3.05, 3.63) is 35.9 Å². The number of thiocarbonyl (C=S) groups is 1. The Morgan fingerprint density at radius 2 is 1.96 bits per heavy atom. The van der Waals surface area contributed by atoms with E-state index in [9.17, 15) is 0 Å². The van der Waals surface area contributed by atoms with Crippen LogP contribution in [0.15, 0.2) is 30.3 Å². The number of hydrogen-bond donors (Lipinski definition) is 1. The van der Waals surface area contributed by atoms with E-state index in [4.69, 9.17) is 12.2 Å². The molecule has 1 aromatic carbocycles. The summed E-state index contributed by atoms with van der Waals surface area (Å²) in [5.41, 5.74) is 1.41. The maximum atomic E-state index is 5.74. The molecule has 1 N–H and O–H groups in total. The fourth-order valence-electron chi connectivity index (χ4n) is 3.61. The Bertz CT molecular complexity index is 520. The molecule has 1 atom stereocenters. The van der Waals surface area contributed by atoms with Crippen LogP contribution in [0.4, 0.5) is 0 Å². The van der Waals surface area contributed by atoms with Gasteiger partial charge in [0.05, 0.1) is 0 Å². The first kappa shape index (κ1) is 21.1. The van der Waals surface area contributed by atoms with Gasteiger partial charge in [-0.05, 0) is 70.6 Å². The summed E-state index contributed by atoms with van der Waals surface area (Å²) < 4.78 is 0. The van der Waals surface area contributed by atoms with Crippen LogP contribution in [0.1, 0.15) is 31.7 Å². The fraction of sp³-hybridized carbons (Fsp3) is 0.667. The summed E-state index contributed by atoms with van der Waals surface area (Å²) in [5.74, 6) is 0. The predicted octanol–water partition coefficient (Wildman–Crippen LogP) is 2.84. The predicted molar refractivity (Wildman–Crippen MR) is 116 cm³/mol. The van der Waals surface area contributed by atoms with Crippen LogP contribution < -0.4 is 5.32 Å². The van der Waals surface area contributed by atoms with Gasteiger partial charge in [0.2, 0.25) is 0 Å². The molecule has 26 heavy (non-hydrogen) atoms. The molecule has 2 rings (SSSR count). The minimum absolute atomic E-state index is 0.637. The smallest absolute Gasteiger partial charge is 0.169 e. The van der Waals surface area contributed by atoms with E-state index in [2.05, 4.69) is 71.4 Å². The van der Waals surface area contributed by atoms with Crippen LogP contribution in [0.2, 0.25) is 0 Å². The van der Waals surface area contributed by atoms with Gasteiger partial charge in [-0.25, -0.2) is 0 Å². The number of rotatable bonds is 10. The second-order valence-electron chi connectivity index (χ2n) is 7.49. The number of nitrogens with one attached hydrogen (secondary N) is 1. The maximum absolute atomic E-state index is 5.74. The van der Waals surface area contributed by atoms with Crippen LogP contribution in [-0.2, 0) is 6.42 Å². The summed E-state index contributed by atoms with van der Waals surface area (Å²) in [7, 11) is 4.24. The SMILES string of the molecule is CCN1CCCC1CNC(=S)N(CCCc1ccccc1)CCN(C)C. The lowest BCUT2D eigenvalue weighted by atomic mass is 10.1. The third-order valence-corrected chi connectivity index (χ3v) is 5.64. The van der Waals surface area contributed by atoms with Crippen LogP contribution in [0, 0.1) is 0 Å². The van der Waals surface area contributed by atoms with Gasteiger partial charge >= 0.3 is 0 Å². The number of hydrogen-bond acceptors (Lipinski definition) is 3. The van der Waals surface area contributed by atoms with E-state index in [0.29, 0.717) is 6.04 Å². The second-order valence-corrected chi connectivity index (χ2v) is 7.88. The van der Waals surface area contributed by atoms with Crippen LogP contribution in [0.3, 0.4) is 0 Å². The van der Waals surface area contributed by atoms with E-state index in [0.717, 1.165) is 50.7 Å². The highest BCUT2D eigenvalue weighted by Crippen LogP contribution is 2.15. The summed E-state index contributed by atoms with van der Waals surface area (Å²) in [5, 5.41) is 4.48. The minimum atomic E-state index is 0.637. The molecule has 0 radical (unpaired) electrons. The number of nitrogens with zero attached hydrogens (tertiary/aromatic N) is 3. The van der Waals surface area contributed by atoms with Crippen molar-refractivity contribution in [2.75, 3.05) is 53.4 Å². The van der Waals surface area contributed by atoms with Crippen molar-refractivity contribution in [1.29, 1.82) is 0 Å². The highest BCUT2D eigenvalue weighted by Gasteiger charge is 2.23. The maximum Gasteiger partial charge on any atom is 0.169 e. The van der Waals surface area contributed by atoms with E-state index < -0.39 is 0 Å². The van der Waals surface area contributed by atoms with Gasteiger partial charge in [0.1, 0.15) is 0 Å². The normalized spacial score (nSPS) is 17.6. The van der Waals surface area contributed by atoms with Gasteiger partial charge in [0.15, 0.2) is 5.11 Å². The van der Waals surface area contributed by atoms with Gasteiger partial charge in [0, 0.05) is 32.2 Å². The second kappa shape index (κ2) is 11.5. The molecule has 0 aliphatic carbocycles. The molecule has 0 bridgehead atoms.